The van der Waals surface area contributed by atoms with Gasteiger partial charge in [0.15, 0.2) is 11.5 Å². The summed E-state index contributed by atoms with van der Waals surface area (Å²) < 4.78 is 11.1. The van der Waals surface area contributed by atoms with E-state index in [0.717, 1.165) is 32.5 Å². The monoisotopic (exact) mass is 406 g/mol. The van der Waals surface area contributed by atoms with Crippen LogP contribution < -0.4 is 15.4 Å². The van der Waals surface area contributed by atoms with E-state index in [4.69, 9.17) is 15.2 Å². The second-order valence-electron chi connectivity index (χ2n) is 8.19. The van der Waals surface area contributed by atoms with Crippen molar-refractivity contribution in [1.29, 1.82) is 0 Å². The van der Waals surface area contributed by atoms with E-state index in [1.54, 1.807) is 6.92 Å². The standard InChI is InChI=1S/C20H34N6O3/c1-6-28-19(27)17-16(21)18(26-11-13(2)25(5)10-14(26)3)23-20(22-17)29-12-15-8-7-9-24(15)4/h13-15H,6-12,21H2,1-5H3/t13?,14?,15-/m0/s1. The Labute approximate surface area is 173 Å². The van der Waals surface area contributed by atoms with E-state index >= 15 is 0 Å². The number of piperazine rings is 1. The molecule has 3 heterocycles. The van der Waals surface area contributed by atoms with Crippen LogP contribution in [0.25, 0.3) is 0 Å². The molecule has 0 spiro atoms. The molecule has 0 amide bonds. The maximum absolute atomic E-state index is 12.5. The van der Waals surface area contributed by atoms with Gasteiger partial charge in [0, 0.05) is 31.2 Å². The van der Waals surface area contributed by atoms with Gasteiger partial charge in [-0.05, 0) is 54.3 Å². The van der Waals surface area contributed by atoms with Crippen molar-refractivity contribution in [1.82, 2.24) is 19.8 Å². The highest BCUT2D eigenvalue weighted by Gasteiger charge is 2.32. The summed E-state index contributed by atoms with van der Waals surface area (Å²) in [6, 6.07) is 1.03. The molecule has 1 aromatic rings. The highest BCUT2D eigenvalue weighted by molar-refractivity contribution is 5.95. The quantitative estimate of drug-likeness (QED) is 0.700. The lowest BCUT2D eigenvalue weighted by atomic mass is 10.1. The Hall–Kier alpha value is -2.13. The Morgan fingerprint density at radius 3 is 2.59 bits per heavy atom. The summed E-state index contributed by atoms with van der Waals surface area (Å²) in [6.07, 6.45) is 2.24. The van der Waals surface area contributed by atoms with E-state index in [1.807, 2.05) is 0 Å². The van der Waals surface area contributed by atoms with Gasteiger partial charge in [-0.2, -0.15) is 9.97 Å². The van der Waals surface area contributed by atoms with Gasteiger partial charge in [-0.3, -0.25) is 4.90 Å². The molecule has 0 aromatic carbocycles. The van der Waals surface area contributed by atoms with Crippen LogP contribution in [0.3, 0.4) is 0 Å². The van der Waals surface area contributed by atoms with Crippen LogP contribution in [0, 0.1) is 0 Å². The normalized spacial score (nSPS) is 26.0. The molecule has 9 heteroatoms. The molecule has 0 bridgehead atoms. The Morgan fingerprint density at radius 1 is 1.17 bits per heavy atom. The minimum Gasteiger partial charge on any atom is -0.462 e. The number of nitrogens with two attached hydrogens (primary N) is 1. The fourth-order valence-electron chi connectivity index (χ4n) is 4.03. The van der Waals surface area contributed by atoms with Gasteiger partial charge < -0.3 is 25.0 Å². The van der Waals surface area contributed by atoms with Gasteiger partial charge in [0.2, 0.25) is 0 Å². The van der Waals surface area contributed by atoms with Crippen molar-refractivity contribution in [3.63, 3.8) is 0 Å². The first kappa shape index (κ1) is 21.6. The minimum absolute atomic E-state index is 0.0745. The molecule has 3 rings (SSSR count). The lowest BCUT2D eigenvalue weighted by Gasteiger charge is -2.43. The molecule has 0 aliphatic carbocycles. The lowest BCUT2D eigenvalue weighted by Crippen LogP contribution is -2.55. The molecule has 3 atom stereocenters. The Balaban J connectivity index is 1.91. The molecule has 2 N–H and O–H groups in total. The van der Waals surface area contributed by atoms with Crippen LogP contribution in [0.15, 0.2) is 0 Å². The fraction of sp³-hybridized carbons (Fsp3) is 0.750. The first-order chi connectivity index (χ1) is 13.8. The molecule has 9 nitrogen and oxygen atoms in total. The molecule has 1 aromatic heterocycles. The van der Waals surface area contributed by atoms with Crippen LogP contribution in [-0.2, 0) is 4.74 Å². The van der Waals surface area contributed by atoms with E-state index in [0.29, 0.717) is 24.5 Å². The predicted molar refractivity (Wildman–Crippen MR) is 112 cm³/mol. The summed E-state index contributed by atoms with van der Waals surface area (Å²) in [6.45, 7) is 9.48. The van der Waals surface area contributed by atoms with Crippen molar-refractivity contribution in [3.05, 3.63) is 5.69 Å². The highest BCUT2D eigenvalue weighted by Crippen LogP contribution is 2.30. The number of hydrogen-bond acceptors (Lipinski definition) is 9. The fourth-order valence-corrected chi connectivity index (χ4v) is 4.03. The first-order valence-electron chi connectivity index (χ1n) is 10.5. The molecule has 162 valence electrons. The van der Waals surface area contributed by atoms with E-state index in [-0.39, 0.29) is 30.0 Å². The topological polar surface area (TPSA) is 97.0 Å². The molecular weight excluding hydrogens is 372 g/mol. The van der Waals surface area contributed by atoms with Crippen molar-refractivity contribution in [3.8, 4) is 6.01 Å². The number of likely N-dealkylation sites (tertiary alicyclic amines) is 1. The molecular formula is C20H34N6O3. The summed E-state index contributed by atoms with van der Waals surface area (Å²) in [5.74, 6) is -0.00315. The number of rotatable bonds is 6. The Bertz CT molecular complexity index is 730. The number of esters is 1. The van der Waals surface area contributed by atoms with Crippen LogP contribution in [0.2, 0.25) is 0 Å². The van der Waals surface area contributed by atoms with Crippen LogP contribution in [0.4, 0.5) is 11.5 Å². The number of likely N-dealkylation sites (N-methyl/N-ethyl adjacent to an activating group) is 2. The van der Waals surface area contributed by atoms with Crippen molar-refractivity contribution in [2.75, 3.05) is 57.6 Å². The number of carbonyl (C=O) groups is 1. The van der Waals surface area contributed by atoms with E-state index in [9.17, 15) is 4.79 Å². The Kier molecular flexibility index (Phi) is 6.79. The first-order valence-corrected chi connectivity index (χ1v) is 10.5. The van der Waals surface area contributed by atoms with Crippen molar-refractivity contribution >= 4 is 17.5 Å². The van der Waals surface area contributed by atoms with Gasteiger partial charge in [-0.15, -0.1) is 0 Å². The number of hydrogen-bond donors (Lipinski definition) is 1. The molecule has 2 fully saturated rings. The molecule has 29 heavy (non-hydrogen) atoms. The third-order valence-electron chi connectivity index (χ3n) is 6.02. The van der Waals surface area contributed by atoms with E-state index < -0.39 is 5.97 Å². The molecule has 2 aliphatic rings. The van der Waals surface area contributed by atoms with Gasteiger partial charge >= 0.3 is 12.0 Å². The summed E-state index contributed by atoms with van der Waals surface area (Å²) in [5, 5.41) is 0. The lowest BCUT2D eigenvalue weighted by molar-refractivity contribution is 0.0518. The maximum atomic E-state index is 12.5. The van der Waals surface area contributed by atoms with Crippen molar-refractivity contribution < 1.29 is 14.3 Å². The summed E-state index contributed by atoms with van der Waals surface area (Å²) >= 11 is 0. The third kappa shape index (κ3) is 4.72. The Morgan fingerprint density at radius 2 is 1.93 bits per heavy atom. The third-order valence-corrected chi connectivity index (χ3v) is 6.02. The largest absolute Gasteiger partial charge is 0.462 e. The zero-order valence-corrected chi connectivity index (χ0v) is 18.2. The SMILES string of the molecule is CCOC(=O)c1nc(OC[C@@H]2CCCN2C)nc(N2CC(C)N(C)CC2C)c1N. The number of anilines is 2. The van der Waals surface area contributed by atoms with Gasteiger partial charge in [0.1, 0.15) is 12.3 Å². The van der Waals surface area contributed by atoms with Gasteiger partial charge in [-0.1, -0.05) is 0 Å². The zero-order chi connectivity index (χ0) is 21.1. The van der Waals surface area contributed by atoms with Crippen LogP contribution >= 0.6 is 0 Å². The summed E-state index contributed by atoms with van der Waals surface area (Å²) in [4.78, 5) is 28.1. The van der Waals surface area contributed by atoms with Gasteiger partial charge in [0.05, 0.1) is 6.61 Å². The molecule has 2 unspecified atom stereocenters. The second kappa shape index (κ2) is 9.13. The summed E-state index contributed by atoms with van der Waals surface area (Å²) in [5.41, 5.74) is 6.67. The van der Waals surface area contributed by atoms with E-state index in [1.165, 1.54) is 0 Å². The maximum Gasteiger partial charge on any atom is 0.359 e. The van der Waals surface area contributed by atoms with Gasteiger partial charge in [-0.25, -0.2) is 4.79 Å². The van der Waals surface area contributed by atoms with Crippen LogP contribution in [-0.4, -0.2) is 90.8 Å². The number of nitrogen functional groups attached to an aromatic ring is 1. The summed E-state index contributed by atoms with van der Waals surface area (Å²) in [7, 11) is 4.20. The average molecular weight is 407 g/mol. The predicted octanol–water partition coefficient (Wildman–Crippen LogP) is 1.24. The minimum atomic E-state index is -0.550. The molecule has 0 saturated carbocycles. The second-order valence-corrected chi connectivity index (χ2v) is 8.19. The van der Waals surface area contributed by atoms with E-state index in [2.05, 4.69) is 52.6 Å². The molecule has 2 saturated heterocycles. The molecule has 2 aliphatic heterocycles. The molecule has 0 radical (unpaired) electrons. The number of carbonyl (C=O) groups excluding carboxylic acids is 1. The van der Waals surface area contributed by atoms with Crippen LogP contribution in [0.1, 0.15) is 44.1 Å². The van der Waals surface area contributed by atoms with Crippen molar-refractivity contribution in [2.45, 2.75) is 51.7 Å². The average Bonchev–Trinajstić information content (AvgIpc) is 3.09. The van der Waals surface area contributed by atoms with Crippen molar-refractivity contribution in [2.24, 2.45) is 0 Å². The smallest absolute Gasteiger partial charge is 0.359 e. The highest BCUT2D eigenvalue weighted by atomic mass is 16.5. The number of nitrogens with zero attached hydrogens (tertiary/aromatic N) is 5. The zero-order valence-electron chi connectivity index (χ0n) is 18.2. The van der Waals surface area contributed by atoms with Gasteiger partial charge in [0.25, 0.3) is 0 Å². The van der Waals surface area contributed by atoms with Crippen LogP contribution in [0.5, 0.6) is 6.01 Å². The number of ether oxygens (including phenoxy) is 2. The number of aromatic nitrogens is 2.